The Kier molecular flexibility index (Phi) is 4.50. The molecule has 0 aliphatic heterocycles. The van der Waals surface area contributed by atoms with Crippen LogP contribution in [-0.4, -0.2) is 21.2 Å². The number of benzene rings is 1. The zero-order chi connectivity index (χ0) is 15.6. The van der Waals surface area contributed by atoms with E-state index in [1.165, 1.54) is 0 Å². The summed E-state index contributed by atoms with van der Waals surface area (Å²) in [5.41, 5.74) is -0.123. The Bertz CT molecular complexity index is 661. The molecule has 21 heavy (non-hydrogen) atoms. The smallest absolute Gasteiger partial charge is 0.339 e. The van der Waals surface area contributed by atoms with E-state index in [1.807, 2.05) is 43.4 Å². The van der Waals surface area contributed by atoms with E-state index in [9.17, 15) is 4.79 Å². The summed E-state index contributed by atoms with van der Waals surface area (Å²) < 4.78 is 11.5. The fraction of sp³-hybridized carbons (Fsp3) is 0.357. The Morgan fingerprint density at radius 1 is 1.43 bits per heavy atom. The van der Waals surface area contributed by atoms with E-state index in [0.717, 1.165) is 3.57 Å². The van der Waals surface area contributed by atoms with Crippen LogP contribution in [0, 0.1) is 3.57 Å². The van der Waals surface area contributed by atoms with Gasteiger partial charge in [0.15, 0.2) is 6.61 Å². The molecule has 0 unspecified atom stereocenters. The van der Waals surface area contributed by atoms with Crippen molar-refractivity contribution < 1.29 is 19.2 Å². The van der Waals surface area contributed by atoms with E-state index in [0.29, 0.717) is 11.7 Å². The SMILES string of the molecule is CC(C)(C)c1nc(COc2ccc(I)cc2C(=O)O)no1. The van der Waals surface area contributed by atoms with Gasteiger partial charge in [0.25, 0.3) is 0 Å². The lowest BCUT2D eigenvalue weighted by molar-refractivity contribution is 0.0691. The van der Waals surface area contributed by atoms with Crippen LogP contribution in [0.1, 0.15) is 42.8 Å². The van der Waals surface area contributed by atoms with Crippen molar-refractivity contribution in [3.8, 4) is 5.75 Å². The highest BCUT2D eigenvalue weighted by molar-refractivity contribution is 14.1. The van der Waals surface area contributed by atoms with Gasteiger partial charge in [-0.3, -0.25) is 0 Å². The van der Waals surface area contributed by atoms with E-state index in [2.05, 4.69) is 10.1 Å². The lowest BCUT2D eigenvalue weighted by atomic mass is 9.97. The second kappa shape index (κ2) is 6.00. The van der Waals surface area contributed by atoms with Crippen LogP contribution < -0.4 is 4.74 Å². The second-order valence-electron chi connectivity index (χ2n) is 5.50. The number of ether oxygens (including phenoxy) is 1. The first-order chi connectivity index (χ1) is 9.77. The number of hydrogen-bond donors (Lipinski definition) is 1. The van der Waals surface area contributed by atoms with Crippen LogP contribution >= 0.6 is 22.6 Å². The fourth-order valence-electron chi connectivity index (χ4n) is 1.55. The van der Waals surface area contributed by atoms with Crippen LogP contribution in [0.15, 0.2) is 22.7 Å². The molecule has 0 saturated carbocycles. The maximum absolute atomic E-state index is 11.2. The minimum absolute atomic E-state index is 0.0560. The molecule has 0 aliphatic rings. The quantitative estimate of drug-likeness (QED) is 0.791. The molecule has 0 bridgehead atoms. The molecule has 112 valence electrons. The van der Waals surface area contributed by atoms with Gasteiger partial charge in [-0.05, 0) is 40.8 Å². The van der Waals surface area contributed by atoms with Gasteiger partial charge in [0.1, 0.15) is 11.3 Å². The van der Waals surface area contributed by atoms with Crippen molar-refractivity contribution in [1.29, 1.82) is 0 Å². The molecule has 6 nitrogen and oxygen atoms in total. The lowest BCUT2D eigenvalue weighted by Gasteiger charge is -2.10. The van der Waals surface area contributed by atoms with Crippen molar-refractivity contribution in [3.05, 3.63) is 39.0 Å². The van der Waals surface area contributed by atoms with Gasteiger partial charge in [0.05, 0.1) is 0 Å². The molecule has 1 N–H and O–H groups in total. The fourth-order valence-corrected chi connectivity index (χ4v) is 2.05. The van der Waals surface area contributed by atoms with Gasteiger partial charge in [-0.15, -0.1) is 0 Å². The lowest BCUT2D eigenvalue weighted by Crippen LogP contribution is -2.11. The number of aromatic nitrogens is 2. The maximum atomic E-state index is 11.2. The van der Waals surface area contributed by atoms with Gasteiger partial charge < -0.3 is 14.4 Å². The van der Waals surface area contributed by atoms with Crippen LogP contribution in [0.25, 0.3) is 0 Å². The summed E-state index contributed by atoms with van der Waals surface area (Å²) in [5.74, 6) is 0.147. The second-order valence-corrected chi connectivity index (χ2v) is 6.75. The van der Waals surface area contributed by atoms with Gasteiger partial charge >= 0.3 is 5.97 Å². The number of aromatic carboxylic acids is 1. The summed E-state index contributed by atoms with van der Waals surface area (Å²) in [6, 6.07) is 4.95. The van der Waals surface area contributed by atoms with Crippen molar-refractivity contribution in [1.82, 2.24) is 10.1 Å². The zero-order valence-electron chi connectivity index (χ0n) is 11.9. The van der Waals surface area contributed by atoms with Crippen LogP contribution in [0.2, 0.25) is 0 Å². The highest BCUT2D eigenvalue weighted by atomic mass is 127. The number of hydrogen-bond acceptors (Lipinski definition) is 5. The van der Waals surface area contributed by atoms with Gasteiger partial charge in [0.2, 0.25) is 11.7 Å². The Hall–Kier alpha value is -1.64. The summed E-state index contributed by atoms with van der Waals surface area (Å²) in [6.45, 7) is 5.95. The molecule has 7 heteroatoms. The van der Waals surface area contributed by atoms with Crippen molar-refractivity contribution in [2.75, 3.05) is 0 Å². The minimum Gasteiger partial charge on any atom is -0.485 e. The molecule has 1 heterocycles. The summed E-state index contributed by atoms with van der Waals surface area (Å²) >= 11 is 2.05. The Morgan fingerprint density at radius 3 is 2.71 bits per heavy atom. The van der Waals surface area contributed by atoms with Crippen molar-refractivity contribution in [2.24, 2.45) is 0 Å². The average Bonchev–Trinajstić information content (AvgIpc) is 2.85. The molecule has 2 aromatic rings. The highest BCUT2D eigenvalue weighted by Gasteiger charge is 2.22. The van der Waals surface area contributed by atoms with Crippen LogP contribution in [0.5, 0.6) is 5.75 Å². The van der Waals surface area contributed by atoms with Gasteiger partial charge in [0, 0.05) is 8.99 Å². The van der Waals surface area contributed by atoms with Crippen LogP contribution in [-0.2, 0) is 12.0 Å². The number of halogens is 1. The van der Waals surface area contributed by atoms with Crippen molar-refractivity contribution in [2.45, 2.75) is 32.8 Å². The zero-order valence-corrected chi connectivity index (χ0v) is 14.0. The highest BCUT2D eigenvalue weighted by Crippen LogP contribution is 2.23. The Labute approximate surface area is 135 Å². The van der Waals surface area contributed by atoms with Gasteiger partial charge in [-0.25, -0.2) is 4.79 Å². The molecular formula is C14H15IN2O4. The third-order valence-electron chi connectivity index (χ3n) is 2.64. The first-order valence-electron chi connectivity index (χ1n) is 6.26. The largest absolute Gasteiger partial charge is 0.485 e. The van der Waals surface area contributed by atoms with Gasteiger partial charge in [-0.1, -0.05) is 25.9 Å². The van der Waals surface area contributed by atoms with E-state index in [4.69, 9.17) is 14.4 Å². The predicted octanol–water partition coefficient (Wildman–Crippen LogP) is 3.25. The number of carboxylic acids is 1. The van der Waals surface area contributed by atoms with E-state index in [1.54, 1.807) is 18.2 Å². The van der Waals surface area contributed by atoms with E-state index in [-0.39, 0.29) is 23.3 Å². The maximum Gasteiger partial charge on any atom is 0.339 e. The number of rotatable bonds is 4. The minimum atomic E-state index is -1.04. The first-order valence-corrected chi connectivity index (χ1v) is 7.34. The molecule has 0 radical (unpaired) electrons. The first kappa shape index (κ1) is 15.7. The van der Waals surface area contributed by atoms with Crippen molar-refractivity contribution in [3.63, 3.8) is 0 Å². The average molecular weight is 402 g/mol. The summed E-state index contributed by atoms with van der Waals surface area (Å²) in [6.07, 6.45) is 0. The molecule has 1 aromatic carbocycles. The molecule has 0 amide bonds. The summed E-state index contributed by atoms with van der Waals surface area (Å²) in [4.78, 5) is 15.4. The van der Waals surface area contributed by atoms with E-state index >= 15 is 0 Å². The molecular weight excluding hydrogens is 387 g/mol. The molecule has 2 rings (SSSR count). The number of carboxylic acid groups (broad SMARTS) is 1. The van der Waals surface area contributed by atoms with E-state index < -0.39 is 5.97 Å². The summed E-state index contributed by atoms with van der Waals surface area (Å²) in [7, 11) is 0. The third kappa shape index (κ3) is 3.93. The van der Waals surface area contributed by atoms with Gasteiger partial charge in [-0.2, -0.15) is 4.98 Å². The third-order valence-corrected chi connectivity index (χ3v) is 3.31. The van der Waals surface area contributed by atoms with Crippen molar-refractivity contribution >= 4 is 28.6 Å². The molecule has 0 aliphatic carbocycles. The normalized spacial score (nSPS) is 11.4. The Balaban J connectivity index is 2.13. The topological polar surface area (TPSA) is 85.5 Å². The predicted molar refractivity (Wildman–Crippen MR) is 83.4 cm³/mol. The summed E-state index contributed by atoms with van der Waals surface area (Å²) in [5, 5.41) is 13.0. The number of nitrogens with zero attached hydrogens (tertiary/aromatic N) is 2. The molecule has 0 spiro atoms. The van der Waals surface area contributed by atoms with Crippen LogP contribution in [0.4, 0.5) is 0 Å². The van der Waals surface area contributed by atoms with Crippen LogP contribution in [0.3, 0.4) is 0 Å². The standard InChI is InChI=1S/C14H15IN2O4/c1-14(2,3)13-16-11(17-21-13)7-20-10-5-4-8(15)6-9(10)12(18)19/h4-6H,7H2,1-3H3,(H,18,19). The Morgan fingerprint density at radius 2 is 2.14 bits per heavy atom. The molecule has 0 saturated heterocycles. The number of carbonyl (C=O) groups is 1. The molecule has 0 atom stereocenters. The molecule has 1 aromatic heterocycles. The molecule has 0 fully saturated rings. The monoisotopic (exact) mass is 402 g/mol.